The number of imide groups is 1. The van der Waals surface area contributed by atoms with E-state index < -0.39 is 23.6 Å². The van der Waals surface area contributed by atoms with Crippen LogP contribution in [0.3, 0.4) is 0 Å². The van der Waals surface area contributed by atoms with E-state index in [2.05, 4.69) is 5.32 Å². The number of aliphatic hydroxyl groups is 1. The van der Waals surface area contributed by atoms with Gasteiger partial charge in [-0.25, -0.2) is 0 Å². The van der Waals surface area contributed by atoms with Crippen molar-refractivity contribution in [2.75, 3.05) is 36.5 Å². The van der Waals surface area contributed by atoms with Crippen LogP contribution in [0.5, 0.6) is 0 Å². The number of nitrogens with one attached hydrogen (secondary N) is 1. The number of alkyl halides is 3. The predicted octanol–water partition coefficient (Wildman–Crippen LogP) is 1.96. The molecule has 2 aliphatic heterocycles. The van der Waals surface area contributed by atoms with Crippen molar-refractivity contribution in [1.29, 1.82) is 0 Å². The van der Waals surface area contributed by atoms with Crippen LogP contribution in [0, 0.1) is 0 Å². The lowest BCUT2D eigenvalue weighted by molar-refractivity contribution is -0.138. The first-order valence-electron chi connectivity index (χ1n) is 8.23. The summed E-state index contributed by atoms with van der Waals surface area (Å²) in [5, 5.41) is 11.5. The van der Waals surface area contributed by atoms with Gasteiger partial charge in [0.1, 0.15) is 5.70 Å². The van der Waals surface area contributed by atoms with Gasteiger partial charge < -0.3 is 15.3 Å². The van der Waals surface area contributed by atoms with E-state index in [1.165, 1.54) is 12.1 Å². The lowest BCUT2D eigenvalue weighted by Crippen LogP contribution is -2.34. The van der Waals surface area contributed by atoms with Gasteiger partial charge in [0.15, 0.2) is 0 Å². The third-order valence-corrected chi connectivity index (χ3v) is 4.36. The molecule has 0 bridgehead atoms. The van der Waals surface area contributed by atoms with E-state index in [0.29, 0.717) is 13.1 Å². The summed E-state index contributed by atoms with van der Waals surface area (Å²) in [6, 6.07) is 3.78. The maximum Gasteiger partial charge on any atom is 0.418 e. The van der Waals surface area contributed by atoms with Gasteiger partial charge in [-0.2, -0.15) is 13.2 Å². The highest BCUT2D eigenvalue weighted by atomic mass is 19.4. The summed E-state index contributed by atoms with van der Waals surface area (Å²) in [5.41, 5.74) is -0.719. The van der Waals surface area contributed by atoms with Crippen molar-refractivity contribution in [3.05, 3.63) is 35.5 Å². The minimum atomic E-state index is -4.54. The lowest BCUT2D eigenvalue weighted by atomic mass is 10.1. The molecule has 2 heterocycles. The van der Waals surface area contributed by atoms with E-state index in [-0.39, 0.29) is 30.2 Å². The van der Waals surface area contributed by atoms with Crippen molar-refractivity contribution in [2.24, 2.45) is 0 Å². The number of carbonyl (C=O) groups excluding carboxylic acids is 2. The number of nitrogens with zero attached hydrogens (tertiary/aromatic N) is 2. The molecule has 1 saturated heterocycles. The minimum absolute atomic E-state index is 0.0681. The first kappa shape index (κ1) is 18.2. The van der Waals surface area contributed by atoms with Crippen LogP contribution < -0.4 is 10.2 Å². The van der Waals surface area contributed by atoms with Gasteiger partial charge in [-0.3, -0.25) is 14.5 Å². The molecule has 0 aromatic heterocycles. The molecule has 0 spiro atoms. The fourth-order valence-electron chi connectivity index (χ4n) is 3.14. The summed E-state index contributed by atoms with van der Waals surface area (Å²) in [6.45, 7) is 0.594. The number of aliphatic hydroxyl groups excluding tert-OH is 1. The van der Waals surface area contributed by atoms with Gasteiger partial charge in [0.05, 0.1) is 18.7 Å². The summed E-state index contributed by atoms with van der Waals surface area (Å²) in [5.74, 6) is -1.29. The first-order valence-corrected chi connectivity index (χ1v) is 8.23. The van der Waals surface area contributed by atoms with E-state index in [4.69, 9.17) is 5.11 Å². The molecule has 2 aliphatic rings. The number of amides is 2. The molecule has 0 radical (unpaired) electrons. The highest BCUT2D eigenvalue weighted by Crippen LogP contribution is 2.39. The molecule has 3 rings (SSSR count). The fraction of sp³-hybridized carbons (Fsp3) is 0.412. The van der Waals surface area contributed by atoms with E-state index >= 15 is 0 Å². The number of rotatable bonds is 5. The van der Waals surface area contributed by atoms with Crippen LogP contribution in [0.1, 0.15) is 18.4 Å². The van der Waals surface area contributed by atoms with Crippen LogP contribution in [0.4, 0.5) is 24.5 Å². The van der Waals surface area contributed by atoms with E-state index in [9.17, 15) is 22.8 Å². The molecular weight excluding hydrogens is 351 g/mol. The summed E-state index contributed by atoms with van der Waals surface area (Å²) >= 11 is 0. The molecule has 0 saturated carbocycles. The molecule has 1 fully saturated rings. The molecule has 1 aromatic rings. The van der Waals surface area contributed by atoms with Crippen molar-refractivity contribution in [2.45, 2.75) is 19.0 Å². The van der Waals surface area contributed by atoms with Crippen molar-refractivity contribution < 1.29 is 27.9 Å². The Labute approximate surface area is 147 Å². The Balaban J connectivity index is 1.86. The second-order valence-electron chi connectivity index (χ2n) is 6.13. The van der Waals surface area contributed by atoms with E-state index in [1.54, 1.807) is 4.90 Å². The van der Waals surface area contributed by atoms with Gasteiger partial charge in [-0.15, -0.1) is 0 Å². The third kappa shape index (κ3) is 3.52. The molecule has 6 nitrogen and oxygen atoms in total. The van der Waals surface area contributed by atoms with E-state index in [0.717, 1.165) is 29.9 Å². The Morgan fingerprint density at radius 2 is 1.85 bits per heavy atom. The van der Waals surface area contributed by atoms with E-state index in [1.807, 2.05) is 0 Å². The monoisotopic (exact) mass is 369 g/mol. The number of anilines is 2. The molecule has 1 aromatic carbocycles. The Morgan fingerprint density at radius 3 is 2.46 bits per heavy atom. The number of carbonyl (C=O) groups is 2. The fourth-order valence-corrected chi connectivity index (χ4v) is 3.14. The molecule has 26 heavy (non-hydrogen) atoms. The number of benzene rings is 1. The van der Waals surface area contributed by atoms with Crippen molar-refractivity contribution >= 4 is 23.2 Å². The van der Waals surface area contributed by atoms with Crippen LogP contribution in [0.15, 0.2) is 30.0 Å². The number of halogens is 3. The molecule has 2 amide bonds. The average molecular weight is 369 g/mol. The second-order valence-corrected chi connectivity index (χ2v) is 6.13. The Hall–Kier alpha value is -2.55. The zero-order valence-electron chi connectivity index (χ0n) is 13.8. The van der Waals surface area contributed by atoms with Crippen molar-refractivity contribution in [1.82, 2.24) is 4.90 Å². The molecule has 0 aliphatic carbocycles. The van der Waals surface area contributed by atoms with Crippen molar-refractivity contribution in [3.63, 3.8) is 0 Å². The summed E-state index contributed by atoms with van der Waals surface area (Å²) in [7, 11) is 0. The van der Waals surface area contributed by atoms with Gasteiger partial charge in [-0.1, -0.05) is 0 Å². The molecule has 0 atom stereocenters. The Bertz CT molecular complexity index is 755. The highest BCUT2D eigenvalue weighted by molar-refractivity contribution is 6.17. The molecular formula is C17H18F3N3O3. The highest BCUT2D eigenvalue weighted by Gasteiger charge is 2.36. The summed E-state index contributed by atoms with van der Waals surface area (Å²) < 4.78 is 40.4. The maximum atomic E-state index is 13.5. The Kier molecular flexibility index (Phi) is 4.90. The molecule has 9 heteroatoms. The van der Waals surface area contributed by atoms with Gasteiger partial charge >= 0.3 is 6.18 Å². The van der Waals surface area contributed by atoms with Crippen LogP contribution in [0.25, 0.3) is 0 Å². The number of hydrogen-bond donors (Lipinski definition) is 2. The van der Waals surface area contributed by atoms with Crippen LogP contribution in [-0.2, 0) is 15.8 Å². The van der Waals surface area contributed by atoms with Crippen LogP contribution in [0.2, 0.25) is 0 Å². The summed E-state index contributed by atoms with van der Waals surface area (Å²) in [4.78, 5) is 26.3. The zero-order valence-corrected chi connectivity index (χ0v) is 13.8. The Morgan fingerprint density at radius 1 is 1.15 bits per heavy atom. The standard InChI is InChI=1S/C17H18F3N3O3/c18-17(19,20)12-9-11(3-4-14(12)22-5-1-2-6-22)21-13-10-15(25)23(7-8-24)16(13)26/h3-4,9-10,21,24H,1-2,5-8H2. The SMILES string of the molecule is O=C1C=C(Nc2ccc(N3CCCC3)c(C(F)(F)F)c2)C(=O)N1CCO. The lowest BCUT2D eigenvalue weighted by Gasteiger charge is -2.23. The predicted molar refractivity (Wildman–Crippen MR) is 88.4 cm³/mol. The normalized spacial score (nSPS) is 17.9. The smallest absolute Gasteiger partial charge is 0.395 e. The van der Waals surface area contributed by atoms with Crippen molar-refractivity contribution in [3.8, 4) is 0 Å². The van der Waals surface area contributed by atoms with Gasteiger partial charge in [-0.05, 0) is 31.0 Å². The number of β-amino-alcohol motifs (C(OH)–C–C–N with tert-alkyl or cyclic N) is 1. The van der Waals surface area contributed by atoms with Gasteiger partial charge in [0.25, 0.3) is 11.8 Å². The van der Waals surface area contributed by atoms with Gasteiger partial charge in [0, 0.05) is 30.5 Å². The quantitative estimate of drug-likeness (QED) is 0.777. The first-order chi connectivity index (χ1) is 12.3. The van der Waals surface area contributed by atoms with Crippen LogP contribution >= 0.6 is 0 Å². The maximum absolute atomic E-state index is 13.5. The summed E-state index contributed by atoms with van der Waals surface area (Å²) in [6.07, 6.45) is -1.83. The zero-order chi connectivity index (χ0) is 18.9. The number of hydrogen-bond acceptors (Lipinski definition) is 5. The molecule has 2 N–H and O–H groups in total. The third-order valence-electron chi connectivity index (χ3n) is 4.36. The minimum Gasteiger partial charge on any atom is -0.395 e. The topological polar surface area (TPSA) is 72.9 Å². The average Bonchev–Trinajstić information content (AvgIpc) is 3.19. The molecule has 0 unspecified atom stereocenters. The van der Waals surface area contributed by atoms with Gasteiger partial charge in [0.2, 0.25) is 0 Å². The second kappa shape index (κ2) is 6.99. The largest absolute Gasteiger partial charge is 0.418 e. The molecule has 140 valence electrons. The van der Waals surface area contributed by atoms with Crippen LogP contribution in [-0.4, -0.2) is 48.1 Å².